The molecule has 1 saturated heterocycles. The van der Waals surface area contributed by atoms with E-state index in [1.54, 1.807) is 53.5 Å². The number of pyridine rings is 1. The van der Waals surface area contributed by atoms with Crippen molar-refractivity contribution in [2.75, 3.05) is 18.9 Å². The molecular weight excluding hydrogens is 420 g/mol. The van der Waals surface area contributed by atoms with E-state index in [4.69, 9.17) is 0 Å². The Kier molecular flexibility index (Phi) is 5.43. The third-order valence-corrected chi connectivity index (χ3v) is 5.50. The Morgan fingerprint density at radius 1 is 1.03 bits per heavy atom. The fraction of sp³-hybridized carbons (Fsp3) is 0.273. The summed E-state index contributed by atoms with van der Waals surface area (Å²) >= 11 is 0. The third kappa shape index (κ3) is 4.25. The molecule has 11 nitrogen and oxygen atoms in total. The van der Waals surface area contributed by atoms with Crippen molar-refractivity contribution >= 4 is 11.9 Å². The number of nitrogens with zero attached hydrogens (tertiary/aromatic N) is 9. The summed E-state index contributed by atoms with van der Waals surface area (Å²) in [6.45, 7) is 2.67. The first-order valence-electron chi connectivity index (χ1n) is 10.6. The zero-order chi connectivity index (χ0) is 22.8. The van der Waals surface area contributed by atoms with E-state index in [2.05, 4.69) is 40.5 Å². The van der Waals surface area contributed by atoms with E-state index in [1.807, 2.05) is 25.1 Å². The minimum absolute atomic E-state index is 0.0694. The number of aromatic nitrogens is 8. The van der Waals surface area contributed by atoms with Gasteiger partial charge in [0.05, 0.1) is 35.2 Å². The van der Waals surface area contributed by atoms with Crippen LogP contribution < -0.4 is 5.32 Å². The molecule has 0 spiro atoms. The molecule has 0 aromatic carbocycles. The van der Waals surface area contributed by atoms with Gasteiger partial charge >= 0.3 is 0 Å². The molecule has 0 radical (unpaired) electrons. The second-order valence-corrected chi connectivity index (χ2v) is 7.81. The van der Waals surface area contributed by atoms with Gasteiger partial charge in [-0.2, -0.15) is 0 Å². The number of amides is 1. The minimum Gasteiger partial charge on any atom is -0.345 e. The number of carbonyl (C=O) groups excluding carboxylic acids is 1. The topological polar surface area (TPSA) is 128 Å². The van der Waals surface area contributed by atoms with Gasteiger partial charge in [-0.15, -0.1) is 5.10 Å². The number of anilines is 1. The highest BCUT2D eigenvalue weighted by atomic mass is 16.2. The summed E-state index contributed by atoms with van der Waals surface area (Å²) in [5, 5.41) is 11.6. The fourth-order valence-corrected chi connectivity index (χ4v) is 3.70. The highest BCUT2D eigenvalue weighted by Gasteiger charge is 2.32. The average Bonchev–Trinajstić information content (AvgIpc) is 3.47. The van der Waals surface area contributed by atoms with E-state index >= 15 is 0 Å². The maximum Gasteiger partial charge on any atom is 0.231 e. The molecule has 1 N–H and O–H groups in total. The molecule has 1 aliphatic rings. The van der Waals surface area contributed by atoms with Crippen molar-refractivity contribution in [3.63, 3.8) is 0 Å². The van der Waals surface area contributed by atoms with Crippen LogP contribution in [-0.2, 0) is 4.79 Å². The van der Waals surface area contributed by atoms with Crippen molar-refractivity contribution in [1.82, 2.24) is 44.8 Å². The lowest BCUT2D eigenvalue weighted by molar-refractivity contribution is -0.127. The van der Waals surface area contributed by atoms with Crippen LogP contribution in [0.1, 0.15) is 36.8 Å². The van der Waals surface area contributed by atoms with Crippen molar-refractivity contribution in [2.24, 2.45) is 0 Å². The molecule has 0 aliphatic carbocycles. The number of carbonyl (C=O) groups is 1. The largest absolute Gasteiger partial charge is 0.345 e. The van der Waals surface area contributed by atoms with Crippen LogP contribution in [0.2, 0.25) is 0 Å². The van der Waals surface area contributed by atoms with Gasteiger partial charge in [0, 0.05) is 32.2 Å². The van der Waals surface area contributed by atoms with Crippen molar-refractivity contribution in [3.05, 3.63) is 66.6 Å². The second-order valence-electron chi connectivity index (χ2n) is 7.81. The second kappa shape index (κ2) is 8.69. The number of likely N-dealkylation sites (N-methyl/N-ethyl adjacent to an activating group) is 1. The number of hydrogen-bond acceptors (Lipinski definition) is 9. The van der Waals surface area contributed by atoms with Gasteiger partial charge in [0.15, 0.2) is 5.82 Å². The summed E-state index contributed by atoms with van der Waals surface area (Å²) in [5.74, 6) is 1.51. The lowest BCUT2D eigenvalue weighted by Crippen LogP contribution is -2.21. The van der Waals surface area contributed by atoms with Gasteiger partial charge in [-0.05, 0) is 37.6 Å². The van der Waals surface area contributed by atoms with Crippen LogP contribution in [0.15, 0.2) is 55.1 Å². The van der Waals surface area contributed by atoms with E-state index in [9.17, 15) is 4.79 Å². The summed E-state index contributed by atoms with van der Waals surface area (Å²) in [6.07, 6.45) is 7.58. The Morgan fingerprint density at radius 3 is 2.64 bits per heavy atom. The van der Waals surface area contributed by atoms with E-state index < -0.39 is 0 Å². The van der Waals surface area contributed by atoms with Crippen LogP contribution in [0.5, 0.6) is 0 Å². The van der Waals surface area contributed by atoms with Crippen LogP contribution in [0.4, 0.5) is 5.95 Å². The highest BCUT2D eigenvalue weighted by molar-refractivity contribution is 5.84. The molecule has 1 amide bonds. The summed E-state index contributed by atoms with van der Waals surface area (Å²) in [7, 11) is 1.80. The molecule has 166 valence electrons. The van der Waals surface area contributed by atoms with E-state index in [1.165, 1.54) is 0 Å². The molecule has 0 saturated carbocycles. The molecule has 4 aromatic heterocycles. The Hall–Kier alpha value is -4.28. The number of likely N-dealkylation sites (tertiary alicyclic amines) is 1. The van der Waals surface area contributed by atoms with Gasteiger partial charge in [0.2, 0.25) is 11.9 Å². The molecule has 5 heterocycles. The van der Waals surface area contributed by atoms with Crippen LogP contribution in [0, 0.1) is 0 Å². The lowest BCUT2D eigenvalue weighted by atomic mass is 10.1. The quantitative estimate of drug-likeness (QED) is 0.477. The first-order valence-corrected chi connectivity index (χ1v) is 10.6. The molecule has 33 heavy (non-hydrogen) atoms. The number of rotatable bonds is 6. The zero-order valence-electron chi connectivity index (χ0n) is 18.2. The molecule has 1 fully saturated rings. The van der Waals surface area contributed by atoms with Crippen molar-refractivity contribution in [3.8, 4) is 17.2 Å². The Balaban J connectivity index is 1.37. The van der Waals surface area contributed by atoms with E-state index in [0.29, 0.717) is 34.7 Å². The Labute approximate surface area is 190 Å². The smallest absolute Gasteiger partial charge is 0.231 e. The molecule has 4 aromatic rings. The fourth-order valence-electron chi connectivity index (χ4n) is 3.70. The van der Waals surface area contributed by atoms with Gasteiger partial charge in [-0.25, -0.2) is 29.6 Å². The Bertz CT molecular complexity index is 1270. The zero-order valence-corrected chi connectivity index (χ0v) is 18.2. The van der Waals surface area contributed by atoms with Crippen molar-refractivity contribution in [2.45, 2.75) is 25.3 Å². The highest BCUT2D eigenvalue weighted by Crippen LogP contribution is 2.26. The first kappa shape index (κ1) is 20.6. The maximum absolute atomic E-state index is 12.3. The monoisotopic (exact) mass is 442 g/mol. The molecule has 0 bridgehead atoms. The van der Waals surface area contributed by atoms with Crippen LogP contribution >= 0.6 is 0 Å². The van der Waals surface area contributed by atoms with Crippen LogP contribution in [-0.4, -0.2) is 64.3 Å². The summed E-state index contributed by atoms with van der Waals surface area (Å²) in [6, 6.07) is 8.98. The van der Waals surface area contributed by atoms with Gasteiger partial charge in [-0.1, -0.05) is 11.3 Å². The molecule has 2 atom stereocenters. The third-order valence-electron chi connectivity index (χ3n) is 5.50. The maximum atomic E-state index is 12.3. The summed E-state index contributed by atoms with van der Waals surface area (Å²) < 4.78 is 1.58. The van der Waals surface area contributed by atoms with Crippen molar-refractivity contribution in [1.29, 1.82) is 0 Å². The molecule has 1 aliphatic heterocycles. The SMILES string of the molecule is C[C@H](Nc1nccc(-c2cccc(-n3cc([C@@H]4CCN(C)C4=O)nn3)n2)n1)c1ncccn1. The van der Waals surface area contributed by atoms with Gasteiger partial charge < -0.3 is 10.2 Å². The molecule has 11 heteroatoms. The lowest BCUT2D eigenvalue weighted by Gasteiger charge is -2.12. The van der Waals surface area contributed by atoms with Gasteiger partial charge in [0.1, 0.15) is 5.82 Å². The predicted octanol–water partition coefficient (Wildman–Crippen LogP) is 2.03. The van der Waals surface area contributed by atoms with Crippen molar-refractivity contribution < 1.29 is 4.79 Å². The number of hydrogen-bond donors (Lipinski definition) is 1. The Morgan fingerprint density at radius 2 is 1.85 bits per heavy atom. The normalized spacial score (nSPS) is 16.7. The first-order chi connectivity index (χ1) is 16.1. The van der Waals surface area contributed by atoms with Gasteiger partial charge in [0.25, 0.3) is 0 Å². The van der Waals surface area contributed by atoms with Crippen LogP contribution in [0.25, 0.3) is 17.2 Å². The molecule has 5 rings (SSSR count). The van der Waals surface area contributed by atoms with Gasteiger partial charge in [-0.3, -0.25) is 4.79 Å². The molecule has 0 unspecified atom stereocenters. The minimum atomic E-state index is -0.252. The summed E-state index contributed by atoms with van der Waals surface area (Å²) in [4.78, 5) is 36.1. The predicted molar refractivity (Wildman–Crippen MR) is 119 cm³/mol. The standard InChI is InChI=1S/C22H22N10O/c1-14(20-23-9-4-10-24-20)26-22-25-11-7-17(28-22)16-5-3-6-19(27-16)32-13-18(29-30-32)15-8-12-31(2)21(15)33/h3-7,9-11,13-15H,8,12H2,1-2H3,(H,25,26,28)/t14-,15-/m0/s1. The van der Waals surface area contributed by atoms with E-state index in [0.717, 1.165) is 13.0 Å². The van der Waals surface area contributed by atoms with Crippen LogP contribution in [0.3, 0.4) is 0 Å². The number of nitrogens with one attached hydrogen (secondary N) is 1. The summed E-state index contributed by atoms with van der Waals surface area (Å²) in [5.41, 5.74) is 1.97. The average molecular weight is 442 g/mol. The molecular formula is C22H22N10O. The van der Waals surface area contributed by atoms with E-state index in [-0.39, 0.29) is 17.9 Å².